The van der Waals surface area contributed by atoms with Gasteiger partial charge in [0.15, 0.2) is 0 Å². The topological polar surface area (TPSA) is 55.6 Å². The normalized spacial score (nSPS) is 15.9. The Hall–Kier alpha value is -1.62. The van der Waals surface area contributed by atoms with Crippen molar-refractivity contribution in [3.63, 3.8) is 0 Å². The minimum Gasteiger partial charge on any atom is -0.449 e. The molecule has 1 saturated heterocycles. The highest BCUT2D eigenvalue weighted by atomic mass is 19.1. The molecule has 0 saturated carbocycles. The first kappa shape index (κ1) is 11.9. The van der Waals surface area contributed by atoms with E-state index in [9.17, 15) is 9.18 Å². The van der Waals surface area contributed by atoms with E-state index in [1.165, 1.54) is 6.07 Å². The summed E-state index contributed by atoms with van der Waals surface area (Å²) < 4.78 is 18.2. The Morgan fingerprint density at radius 3 is 3.00 bits per heavy atom. The molecule has 1 fully saturated rings. The molecule has 1 aromatic rings. The van der Waals surface area contributed by atoms with Crippen LogP contribution in [0.3, 0.4) is 0 Å². The number of rotatable bonds is 3. The minimum atomic E-state index is -0.310. The second kappa shape index (κ2) is 5.14. The van der Waals surface area contributed by atoms with Gasteiger partial charge in [0, 0.05) is 25.2 Å². The quantitative estimate of drug-likeness (QED) is 0.870. The van der Waals surface area contributed by atoms with Crippen LogP contribution >= 0.6 is 0 Å². The van der Waals surface area contributed by atoms with Crippen molar-refractivity contribution in [2.75, 3.05) is 13.2 Å². The van der Waals surface area contributed by atoms with Crippen molar-refractivity contribution >= 4 is 6.09 Å². The monoisotopic (exact) mass is 238 g/mol. The number of hydrogen-bond acceptors (Lipinski definition) is 3. The number of hydrogen-bond donors (Lipinski definition) is 1. The number of nitrogens with two attached hydrogens (primary N) is 1. The number of ether oxygens (including phenoxy) is 1. The average Bonchev–Trinajstić information content (AvgIpc) is 2.34. The van der Waals surface area contributed by atoms with E-state index < -0.39 is 0 Å². The Morgan fingerprint density at radius 1 is 1.47 bits per heavy atom. The fourth-order valence-electron chi connectivity index (χ4n) is 1.84. The molecule has 1 aliphatic heterocycles. The van der Waals surface area contributed by atoms with Crippen molar-refractivity contribution in [2.24, 2.45) is 5.73 Å². The van der Waals surface area contributed by atoms with Crippen LogP contribution in [-0.2, 0) is 17.8 Å². The second-order valence-corrected chi connectivity index (χ2v) is 4.02. The Morgan fingerprint density at radius 2 is 2.29 bits per heavy atom. The largest absolute Gasteiger partial charge is 0.449 e. The molecule has 0 atom stereocenters. The summed E-state index contributed by atoms with van der Waals surface area (Å²) in [5.41, 5.74) is 6.77. The number of cyclic esters (lactones) is 1. The molecule has 0 aromatic heterocycles. The molecule has 4 nitrogen and oxygen atoms in total. The molecule has 0 aliphatic carbocycles. The second-order valence-electron chi connectivity index (χ2n) is 4.02. The van der Waals surface area contributed by atoms with E-state index >= 15 is 0 Å². The molecule has 2 rings (SSSR count). The molecule has 1 aromatic carbocycles. The molecule has 0 spiro atoms. The van der Waals surface area contributed by atoms with Crippen LogP contribution in [0.25, 0.3) is 0 Å². The van der Waals surface area contributed by atoms with Gasteiger partial charge < -0.3 is 15.4 Å². The molecule has 2 N–H and O–H groups in total. The van der Waals surface area contributed by atoms with Gasteiger partial charge in [0.05, 0.1) is 6.61 Å². The van der Waals surface area contributed by atoms with Crippen LogP contribution < -0.4 is 5.73 Å². The Labute approximate surface area is 99.2 Å². The van der Waals surface area contributed by atoms with Crippen molar-refractivity contribution in [3.05, 3.63) is 35.1 Å². The van der Waals surface area contributed by atoms with Crippen LogP contribution in [0.1, 0.15) is 17.5 Å². The zero-order chi connectivity index (χ0) is 12.3. The van der Waals surface area contributed by atoms with E-state index in [1.807, 2.05) is 0 Å². The Balaban J connectivity index is 2.10. The highest BCUT2D eigenvalue weighted by molar-refractivity contribution is 5.68. The molecule has 1 amide bonds. The lowest BCUT2D eigenvalue weighted by Crippen LogP contribution is -2.37. The van der Waals surface area contributed by atoms with E-state index in [0.29, 0.717) is 25.3 Å². The molecule has 17 heavy (non-hydrogen) atoms. The van der Waals surface area contributed by atoms with Crippen molar-refractivity contribution in [1.29, 1.82) is 0 Å². The van der Waals surface area contributed by atoms with Gasteiger partial charge in [-0.2, -0.15) is 0 Å². The number of carbonyl (C=O) groups excluding carboxylic acids is 1. The predicted octanol–water partition coefficient (Wildman–Crippen LogP) is 1.63. The molecule has 5 heteroatoms. The van der Waals surface area contributed by atoms with Crippen LogP contribution in [0.2, 0.25) is 0 Å². The summed E-state index contributed by atoms with van der Waals surface area (Å²) in [5.74, 6) is -0.308. The lowest BCUT2D eigenvalue weighted by molar-refractivity contribution is 0.0700. The minimum absolute atomic E-state index is 0.157. The fraction of sp³-hybridized carbons (Fsp3) is 0.417. The third-order valence-corrected chi connectivity index (χ3v) is 2.76. The van der Waals surface area contributed by atoms with Gasteiger partial charge in [0.1, 0.15) is 5.82 Å². The maximum absolute atomic E-state index is 13.2. The summed E-state index contributed by atoms with van der Waals surface area (Å²) in [6.45, 7) is 1.75. The highest BCUT2D eigenvalue weighted by Crippen LogP contribution is 2.14. The molecule has 0 radical (unpaired) electrons. The van der Waals surface area contributed by atoms with Crippen LogP contribution in [0.4, 0.5) is 9.18 Å². The zero-order valence-corrected chi connectivity index (χ0v) is 9.49. The molecular formula is C12H15FN2O2. The highest BCUT2D eigenvalue weighted by Gasteiger charge is 2.19. The predicted molar refractivity (Wildman–Crippen MR) is 60.7 cm³/mol. The Kier molecular flexibility index (Phi) is 3.58. The average molecular weight is 238 g/mol. The number of carbonyl (C=O) groups is 1. The van der Waals surface area contributed by atoms with Gasteiger partial charge in [-0.15, -0.1) is 0 Å². The maximum Gasteiger partial charge on any atom is 0.410 e. The van der Waals surface area contributed by atoms with Crippen LogP contribution in [0, 0.1) is 5.82 Å². The van der Waals surface area contributed by atoms with Crippen molar-refractivity contribution in [2.45, 2.75) is 19.5 Å². The zero-order valence-electron chi connectivity index (χ0n) is 9.49. The standard InChI is InChI=1S/C12H15FN2O2/c13-11-3-2-9(6-10(11)7-14)8-15-4-1-5-17-12(15)16/h2-3,6H,1,4-5,7-8,14H2. The van der Waals surface area contributed by atoms with E-state index in [0.717, 1.165) is 12.0 Å². The van der Waals surface area contributed by atoms with E-state index in [2.05, 4.69) is 0 Å². The molecular weight excluding hydrogens is 223 g/mol. The summed E-state index contributed by atoms with van der Waals surface area (Å²) in [5, 5.41) is 0. The van der Waals surface area contributed by atoms with Crippen molar-refractivity contribution in [1.82, 2.24) is 4.90 Å². The maximum atomic E-state index is 13.2. The van der Waals surface area contributed by atoms with Gasteiger partial charge >= 0.3 is 6.09 Å². The number of nitrogens with zero attached hydrogens (tertiary/aromatic N) is 1. The number of halogens is 1. The SMILES string of the molecule is NCc1cc(CN2CCCOC2=O)ccc1F. The molecule has 0 bridgehead atoms. The number of benzene rings is 1. The summed E-state index contributed by atoms with van der Waals surface area (Å²) in [6, 6.07) is 4.74. The smallest absolute Gasteiger partial charge is 0.410 e. The third kappa shape index (κ3) is 2.74. The first-order chi connectivity index (χ1) is 8.20. The lowest BCUT2D eigenvalue weighted by atomic mass is 10.1. The first-order valence-corrected chi connectivity index (χ1v) is 5.60. The van der Waals surface area contributed by atoms with Gasteiger partial charge in [0.25, 0.3) is 0 Å². The van der Waals surface area contributed by atoms with Gasteiger partial charge in [-0.3, -0.25) is 0 Å². The van der Waals surface area contributed by atoms with Gasteiger partial charge in [-0.05, 0) is 24.1 Å². The van der Waals surface area contributed by atoms with Crippen LogP contribution in [0.5, 0.6) is 0 Å². The first-order valence-electron chi connectivity index (χ1n) is 5.60. The van der Waals surface area contributed by atoms with Crippen LogP contribution in [-0.4, -0.2) is 24.1 Å². The lowest BCUT2D eigenvalue weighted by Gasteiger charge is -2.26. The molecule has 92 valence electrons. The van der Waals surface area contributed by atoms with E-state index in [-0.39, 0.29) is 18.5 Å². The summed E-state index contributed by atoms with van der Waals surface area (Å²) in [7, 11) is 0. The van der Waals surface area contributed by atoms with E-state index in [1.54, 1.807) is 17.0 Å². The van der Waals surface area contributed by atoms with Gasteiger partial charge in [0.2, 0.25) is 0 Å². The fourth-order valence-corrected chi connectivity index (χ4v) is 1.84. The molecule has 0 unspecified atom stereocenters. The molecule has 1 heterocycles. The summed E-state index contributed by atoms with van der Waals surface area (Å²) in [4.78, 5) is 13.0. The van der Waals surface area contributed by atoms with Crippen molar-refractivity contribution in [3.8, 4) is 0 Å². The summed E-state index contributed by atoms with van der Waals surface area (Å²) in [6.07, 6.45) is 0.520. The van der Waals surface area contributed by atoms with Crippen molar-refractivity contribution < 1.29 is 13.9 Å². The van der Waals surface area contributed by atoms with Gasteiger partial charge in [-0.1, -0.05) is 6.07 Å². The third-order valence-electron chi connectivity index (χ3n) is 2.76. The van der Waals surface area contributed by atoms with E-state index in [4.69, 9.17) is 10.5 Å². The molecule has 1 aliphatic rings. The summed E-state index contributed by atoms with van der Waals surface area (Å²) >= 11 is 0. The van der Waals surface area contributed by atoms with Crippen LogP contribution in [0.15, 0.2) is 18.2 Å². The Bertz CT molecular complexity index is 423. The number of amides is 1. The van der Waals surface area contributed by atoms with Gasteiger partial charge in [-0.25, -0.2) is 9.18 Å².